The maximum absolute atomic E-state index is 14.6. The molecule has 4 aliphatic heterocycles. The highest BCUT2D eigenvalue weighted by molar-refractivity contribution is 7.99. The number of fused-ring (bicyclic) bond motifs is 1. The number of amides is 5. The number of aliphatic hydroxyl groups excluding tert-OH is 1. The minimum atomic E-state index is -6.18. The quantitative estimate of drug-likeness (QED) is 0.0226. The lowest BCUT2D eigenvalue weighted by Crippen LogP contribution is -2.79. The maximum atomic E-state index is 14.6. The molecule has 564 valence electrons. The van der Waals surface area contributed by atoms with Gasteiger partial charge < -0.3 is 35.8 Å². The summed E-state index contributed by atoms with van der Waals surface area (Å²) in [5, 5.41) is 20.4. The molecule has 5 amide bonds. The summed E-state index contributed by atoms with van der Waals surface area (Å²) in [7, 11) is -11.1. The first kappa shape index (κ1) is 78.7. The molecule has 5 heterocycles. The van der Waals surface area contributed by atoms with Gasteiger partial charge in [-0.3, -0.25) is 33.8 Å². The minimum Gasteiger partial charge on any atom is -0.391 e. The van der Waals surface area contributed by atoms with Crippen molar-refractivity contribution < 1.29 is 59.1 Å². The van der Waals surface area contributed by atoms with Gasteiger partial charge in [0.05, 0.1) is 44.9 Å². The number of aryl methyl sites for hydroxylation is 1. The summed E-state index contributed by atoms with van der Waals surface area (Å²) in [6.45, 7) is 18.5. The predicted octanol–water partition coefficient (Wildman–Crippen LogP) is 12.1. The number of nitrogens with one attached hydrogen (secondary N) is 4. The second-order valence-corrected chi connectivity index (χ2v) is 36.1. The number of thiazole rings is 1. The van der Waals surface area contributed by atoms with Gasteiger partial charge >= 0.3 is 5.51 Å². The van der Waals surface area contributed by atoms with E-state index in [1.807, 2.05) is 106 Å². The first-order chi connectivity index (χ1) is 49.7. The third-order valence-electron chi connectivity index (χ3n) is 20.8. The van der Waals surface area contributed by atoms with Crippen molar-refractivity contribution in [2.24, 2.45) is 10.8 Å². The number of hydrogen-bond acceptors (Lipinski definition) is 17. The first-order valence-electron chi connectivity index (χ1n) is 35.9. The average molecular weight is 1540 g/mol. The monoisotopic (exact) mass is 1540 g/mol. The fourth-order valence-corrected chi connectivity index (χ4v) is 18.6. The van der Waals surface area contributed by atoms with Crippen LogP contribution in [0.4, 0.5) is 24.5 Å². The number of allylic oxidation sites excluding steroid dienone is 1. The van der Waals surface area contributed by atoms with Crippen molar-refractivity contribution in [1.82, 2.24) is 39.9 Å². The zero-order valence-corrected chi connectivity index (χ0v) is 64.3. The van der Waals surface area contributed by atoms with Crippen molar-refractivity contribution in [2.75, 3.05) is 74.9 Å². The molecule has 5 aliphatic rings. The fraction of sp³-hybridized carbons (Fsp3) is 0.481. The van der Waals surface area contributed by atoms with E-state index in [2.05, 4.69) is 61.6 Å². The first-order valence-corrected chi connectivity index (χ1v) is 41.1. The smallest absolute Gasteiger partial charge is 0.391 e. The van der Waals surface area contributed by atoms with Crippen LogP contribution in [0.2, 0.25) is 5.02 Å². The van der Waals surface area contributed by atoms with Crippen LogP contribution < -0.4 is 25.6 Å². The number of aromatic nitrogens is 1. The topological polar surface area (TPSA) is 251 Å². The molecule has 5 N–H and O–H groups in total. The predicted molar refractivity (Wildman–Crippen MR) is 405 cm³/mol. The van der Waals surface area contributed by atoms with Crippen molar-refractivity contribution in [1.29, 1.82) is 0 Å². The average Bonchev–Trinajstić information content (AvgIpc) is 1.14. The van der Waals surface area contributed by atoms with Gasteiger partial charge in [-0.15, -0.1) is 23.1 Å². The summed E-state index contributed by atoms with van der Waals surface area (Å²) < 4.78 is 100. The Labute approximate surface area is 627 Å². The second-order valence-electron chi connectivity index (χ2n) is 30.2. The summed E-state index contributed by atoms with van der Waals surface area (Å²) in [5.74, 6) is -2.10. The lowest BCUT2D eigenvalue weighted by Gasteiger charge is -2.63. The number of carbonyl (C=O) groups is 5. The van der Waals surface area contributed by atoms with Crippen molar-refractivity contribution >= 4 is 101 Å². The summed E-state index contributed by atoms with van der Waals surface area (Å²) in [6.07, 6.45) is 4.36. The highest BCUT2D eigenvalue weighted by Crippen LogP contribution is 2.46. The van der Waals surface area contributed by atoms with Crippen LogP contribution in [0.5, 0.6) is 0 Å². The number of thioether (sulfide) groups is 1. The third kappa shape index (κ3) is 19.1. The van der Waals surface area contributed by atoms with Crippen LogP contribution in [0.3, 0.4) is 0 Å². The molecular formula is C77H94ClF3N10O10S4. The number of sulfonamides is 1. The van der Waals surface area contributed by atoms with Crippen molar-refractivity contribution in [3.05, 3.63) is 160 Å². The van der Waals surface area contributed by atoms with E-state index in [0.717, 1.165) is 83.3 Å². The molecule has 20 nitrogen and oxygen atoms in total. The molecule has 1 aromatic heterocycles. The van der Waals surface area contributed by atoms with Crippen LogP contribution in [0.25, 0.3) is 16.0 Å². The van der Waals surface area contributed by atoms with Crippen molar-refractivity contribution in [3.63, 3.8) is 0 Å². The molecule has 2 unspecified atom stereocenters. The third-order valence-corrected chi connectivity index (χ3v) is 26.1. The Hall–Kier alpha value is -7.37. The summed E-state index contributed by atoms with van der Waals surface area (Å²) in [6, 6.07) is 31.5. The molecule has 0 saturated carbocycles. The van der Waals surface area contributed by atoms with Crippen LogP contribution >= 0.6 is 34.7 Å². The van der Waals surface area contributed by atoms with Gasteiger partial charge in [0.1, 0.15) is 17.0 Å². The molecule has 105 heavy (non-hydrogen) atoms. The number of aliphatic hydroxyl groups is 1. The van der Waals surface area contributed by atoms with Crippen LogP contribution in [0.1, 0.15) is 139 Å². The highest BCUT2D eigenvalue weighted by atomic mass is 35.5. The van der Waals surface area contributed by atoms with E-state index in [1.165, 1.54) is 45.5 Å². The molecule has 4 fully saturated rings. The van der Waals surface area contributed by atoms with E-state index in [9.17, 15) is 59.1 Å². The van der Waals surface area contributed by atoms with E-state index in [-0.39, 0.29) is 60.4 Å². The molecule has 7 atom stereocenters. The number of piperazine rings is 2. The molecule has 0 bridgehead atoms. The second kappa shape index (κ2) is 33.0. The Morgan fingerprint density at radius 3 is 2.14 bits per heavy atom. The molecule has 0 spiro atoms. The van der Waals surface area contributed by atoms with Gasteiger partial charge in [0.25, 0.3) is 25.8 Å². The Bertz CT molecular complexity index is 4380. The maximum Gasteiger partial charge on any atom is 0.501 e. The standard InChI is InChI=1S/C77H94ClF3N10O10S4/c1-49(51-18-20-53(21-19-51)70-50(2)82-48-103-70)83-73(96)64-40-59(92)44-91(64)74(97)71(75(3,4)5)85-68(93)16-12-9-13-17-69(94)88-38-36-87(37-39-88)35-33-57(47-102-60-14-10-8-11-15-60)84-63-31-30-61(41-67(63)104(98,99)77(79,80)81)105(100,101)86-72(95)54-24-28-58(29-25-54)90-46-65-66(90)45-89(65)43-55-42-76(6,7)34-32-62(55)52-22-26-56(78)27-23-52/h8,10-11,14-15,18-31,41,48-49,57,59,64-66,71,84,92H,9,12-13,16-17,32-40,42-47H2,1-7H3,(H,83,96)(H,85,93)(H,86,95)/t49?,57-,59-,64+,65-,66?,71-/m1/s1. The number of anilines is 2. The largest absolute Gasteiger partial charge is 0.501 e. The zero-order chi connectivity index (χ0) is 75.3. The zero-order valence-electron chi connectivity index (χ0n) is 60.3. The number of rotatable bonds is 28. The fourth-order valence-electron chi connectivity index (χ4n) is 14.6. The molecule has 1 aliphatic carbocycles. The summed E-state index contributed by atoms with van der Waals surface area (Å²) >= 11 is 9.17. The summed E-state index contributed by atoms with van der Waals surface area (Å²) in [5.41, 5.74) is 2.59. The van der Waals surface area contributed by atoms with E-state index >= 15 is 0 Å². The highest BCUT2D eigenvalue weighted by Gasteiger charge is 2.52. The number of alkyl halides is 3. The van der Waals surface area contributed by atoms with Crippen LogP contribution in [0.15, 0.2) is 147 Å². The Morgan fingerprint density at radius 2 is 1.50 bits per heavy atom. The molecule has 11 rings (SSSR count). The lowest BCUT2D eigenvalue weighted by molar-refractivity contribution is -0.144. The van der Waals surface area contributed by atoms with Crippen molar-refractivity contribution in [2.45, 2.75) is 175 Å². The van der Waals surface area contributed by atoms with E-state index < -0.39 is 94.3 Å². The van der Waals surface area contributed by atoms with E-state index in [1.54, 1.807) is 33.9 Å². The number of halogens is 4. The van der Waals surface area contributed by atoms with Crippen molar-refractivity contribution in [3.8, 4) is 10.4 Å². The van der Waals surface area contributed by atoms with Gasteiger partial charge in [0.2, 0.25) is 23.6 Å². The van der Waals surface area contributed by atoms with Crippen LogP contribution in [0, 0.1) is 17.8 Å². The minimum absolute atomic E-state index is 0.0341. The SMILES string of the molecule is Cc1ncsc1-c1ccc(C(C)NC(=O)[C@@H]2C[C@@H](O)CN2C(=O)[C@@H](NC(=O)CCCCCC(=O)N2CCN(CC[C@H](CSc3ccccc3)Nc3ccc(S(=O)(=O)NC(=O)c4ccc(N5C[C@@H]6C5CN6CC5=C(c6ccc(Cl)cc6)CCC(C)(C)C5)cc4)cc3S(=O)(=O)C(F)(F)F)CC2)C(C)(C)C)cc1. The lowest BCUT2D eigenvalue weighted by atomic mass is 9.72. The Balaban J connectivity index is 0.643. The number of likely N-dealkylation sites (tertiary alicyclic amines) is 2. The van der Waals surface area contributed by atoms with Crippen LogP contribution in [-0.2, 0) is 39.0 Å². The molecule has 6 aromatic rings. The normalized spacial score (nSPS) is 20.3. The Kier molecular flexibility index (Phi) is 24.7. The van der Waals surface area contributed by atoms with Gasteiger partial charge in [-0.25, -0.2) is 26.5 Å². The Morgan fingerprint density at radius 1 is 0.810 bits per heavy atom. The summed E-state index contributed by atoms with van der Waals surface area (Å²) in [4.78, 5) is 82.7. The van der Waals surface area contributed by atoms with E-state index in [4.69, 9.17) is 11.6 Å². The number of benzene rings is 5. The molecular weight excluding hydrogens is 1450 g/mol. The number of hydrogen-bond donors (Lipinski definition) is 5. The van der Waals surface area contributed by atoms with Gasteiger partial charge in [-0.1, -0.05) is 113 Å². The van der Waals surface area contributed by atoms with Gasteiger partial charge in [-0.05, 0) is 152 Å². The van der Waals surface area contributed by atoms with E-state index in [0.29, 0.717) is 75.5 Å². The molecule has 0 radical (unpaired) electrons. The van der Waals surface area contributed by atoms with Gasteiger partial charge in [0.15, 0.2) is 0 Å². The number of unbranched alkanes of at least 4 members (excludes halogenated alkanes) is 2. The molecule has 4 saturated heterocycles. The number of β-amino-alcohol motifs (C(OH)–C–C–N with tert-alkyl or cyclic N) is 1. The molecule has 5 aromatic carbocycles. The number of carbonyl (C=O) groups excluding carboxylic acids is 5. The molecule has 28 heteroatoms. The van der Waals surface area contributed by atoms with Gasteiger partial charge in [0, 0.05) is 117 Å². The van der Waals surface area contributed by atoms with Gasteiger partial charge in [-0.2, -0.15) is 13.2 Å². The number of sulfone groups is 1. The number of nitrogens with zero attached hydrogens (tertiary/aromatic N) is 6. The van der Waals surface area contributed by atoms with Crippen LogP contribution in [-0.4, -0.2) is 183 Å².